The summed E-state index contributed by atoms with van der Waals surface area (Å²) in [6, 6.07) is 13.3. The topological polar surface area (TPSA) is 34.6 Å². The first-order chi connectivity index (χ1) is 14.1. The van der Waals surface area contributed by atoms with Crippen LogP contribution in [0.4, 0.5) is 8.78 Å². The number of aromatic nitrogens is 1. The van der Waals surface area contributed by atoms with Gasteiger partial charge in [0.25, 0.3) is 0 Å². The first-order valence-corrected chi connectivity index (χ1v) is 9.34. The van der Waals surface area contributed by atoms with E-state index in [0.717, 1.165) is 23.6 Å². The largest absolute Gasteiger partial charge is 0.493 e. The smallest absolute Gasteiger partial charge is 0.160 e. The van der Waals surface area contributed by atoms with Crippen molar-refractivity contribution in [1.29, 1.82) is 0 Å². The molecule has 1 heterocycles. The average molecular weight is 398 g/mol. The molecule has 0 aliphatic carbocycles. The Morgan fingerprint density at radius 2 is 1.41 bits per heavy atom. The third-order valence-electron chi connectivity index (χ3n) is 4.65. The summed E-state index contributed by atoms with van der Waals surface area (Å²) < 4.78 is 37.9. The van der Waals surface area contributed by atoms with Crippen molar-refractivity contribution in [3.63, 3.8) is 0 Å². The zero-order valence-corrected chi connectivity index (χ0v) is 16.6. The van der Waals surface area contributed by atoms with E-state index in [4.69, 9.17) is 9.47 Å². The molecule has 0 saturated heterocycles. The van der Waals surface area contributed by atoms with Crippen LogP contribution in [0.1, 0.15) is 16.7 Å². The van der Waals surface area contributed by atoms with Crippen molar-refractivity contribution in [2.75, 3.05) is 20.8 Å². The molecular formula is C23H24F2N2O2. The molecule has 0 aliphatic heterocycles. The normalized spacial score (nSPS) is 10.9. The lowest BCUT2D eigenvalue weighted by atomic mass is 10.1. The first kappa shape index (κ1) is 20.7. The van der Waals surface area contributed by atoms with Gasteiger partial charge in [0.05, 0.1) is 14.2 Å². The minimum absolute atomic E-state index is 0.435. The maximum absolute atomic E-state index is 13.6. The zero-order valence-electron chi connectivity index (χ0n) is 16.6. The molecule has 0 spiro atoms. The predicted octanol–water partition coefficient (Wildman–Crippen LogP) is 4.62. The van der Waals surface area contributed by atoms with E-state index in [0.29, 0.717) is 36.7 Å². The minimum Gasteiger partial charge on any atom is -0.493 e. The lowest BCUT2D eigenvalue weighted by Gasteiger charge is -2.23. The molecule has 1 aromatic heterocycles. The quantitative estimate of drug-likeness (QED) is 0.527. The second kappa shape index (κ2) is 9.98. The van der Waals surface area contributed by atoms with E-state index in [-0.39, 0.29) is 0 Å². The number of halogens is 2. The van der Waals surface area contributed by atoms with Crippen molar-refractivity contribution >= 4 is 0 Å². The molecule has 0 N–H and O–H groups in total. The van der Waals surface area contributed by atoms with E-state index in [2.05, 4.69) is 9.88 Å². The fourth-order valence-corrected chi connectivity index (χ4v) is 3.24. The van der Waals surface area contributed by atoms with Crippen LogP contribution in [0.5, 0.6) is 11.5 Å². The van der Waals surface area contributed by atoms with E-state index >= 15 is 0 Å². The van der Waals surface area contributed by atoms with Crippen molar-refractivity contribution < 1.29 is 18.3 Å². The van der Waals surface area contributed by atoms with Gasteiger partial charge in [-0.2, -0.15) is 0 Å². The Hall–Kier alpha value is -2.99. The van der Waals surface area contributed by atoms with Crippen LogP contribution in [-0.2, 0) is 19.5 Å². The summed E-state index contributed by atoms with van der Waals surface area (Å²) in [5, 5.41) is 0. The third kappa shape index (κ3) is 5.99. The van der Waals surface area contributed by atoms with Crippen LogP contribution in [0.3, 0.4) is 0 Å². The number of methoxy groups -OCH3 is 2. The van der Waals surface area contributed by atoms with Crippen LogP contribution >= 0.6 is 0 Å². The van der Waals surface area contributed by atoms with Crippen molar-refractivity contribution in [3.8, 4) is 11.5 Å². The zero-order chi connectivity index (χ0) is 20.6. The molecule has 3 aromatic rings. The Bertz CT molecular complexity index is 915. The van der Waals surface area contributed by atoms with Gasteiger partial charge in [-0.1, -0.05) is 6.07 Å². The van der Waals surface area contributed by atoms with Crippen molar-refractivity contribution in [1.82, 2.24) is 9.88 Å². The summed E-state index contributed by atoms with van der Waals surface area (Å²) in [5.74, 6) is 0.227. The van der Waals surface area contributed by atoms with Gasteiger partial charge >= 0.3 is 0 Å². The molecule has 0 radical (unpaired) electrons. The molecule has 4 nitrogen and oxygen atoms in total. The highest BCUT2D eigenvalue weighted by atomic mass is 19.1. The second-order valence-corrected chi connectivity index (χ2v) is 6.78. The molecular weight excluding hydrogens is 374 g/mol. The van der Waals surface area contributed by atoms with Gasteiger partial charge in [0.15, 0.2) is 11.5 Å². The highest BCUT2D eigenvalue weighted by molar-refractivity contribution is 5.43. The Morgan fingerprint density at radius 3 is 2.07 bits per heavy atom. The fourth-order valence-electron chi connectivity index (χ4n) is 3.24. The van der Waals surface area contributed by atoms with Crippen LogP contribution in [-0.4, -0.2) is 30.6 Å². The van der Waals surface area contributed by atoms with Crippen molar-refractivity contribution in [2.45, 2.75) is 19.5 Å². The van der Waals surface area contributed by atoms with E-state index in [9.17, 15) is 8.78 Å². The average Bonchev–Trinajstić information content (AvgIpc) is 2.71. The molecule has 29 heavy (non-hydrogen) atoms. The lowest BCUT2D eigenvalue weighted by molar-refractivity contribution is 0.259. The molecule has 0 amide bonds. The molecule has 2 aromatic carbocycles. The van der Waals surface area contributed by atoms with Gasteiger partial charge in [-0.25, -0.2) is 8.78 Å². The van der Waals surface area contributed by atoms with Gasteiger partial charge in [0.1, 0.15) is 11.6 Å². The number of rotatable bonds is 9. The van der Waals surface area contributed by atoms with Crippen LogP contribution in [0.2, 0.25) is 0 Å². The van der Waals surface area contributed by atoms with E-state index in [1.54, 1.807) is 26.6 Å². The molecule has 0 aliphatic rings. The Labute approximate surface area is 169 Å². The molecule has 0 atom stereocenters. The standard InChI is InChI=1S/C23H24F2N2O2/c1-28-22-4-3-17(13-23(22)29-2)7-10-27(15-18-5-8-26-9-6-18)16-19-11-20(24)14-21(25)12-19/h3-6,8-9,11-14H,7,10,15-16H2,1-2H3. The number of ether oxygens (including phenoxy) is 2. The van der Waals surface area contributed by atoms with Crippen LogP contribution in [0.25, 0.3) is 0 Å². The van der Waals surface area contributed by atoms with E-state index < -0.39 is 11.6 Å². The molecule has 0 saturated carbocycles. The summed E-state index contributed by atoms with van der Waals surface area (Å²) in [5.41, 5.74) is 2.78. The van der Waals surface area contributed by atoms with Crippen molar-refractivity contribution in [2.24, 2.45) is 0 Å². The van der Waals surface area contributed by atoms with Crippen LogP contribution < -0.4 is 9.47 Å². The molecule has 0 unspecified atom stereocenters. The number of benzene rings is 2. The van der Waals surface area contributed by atoms with E-state index in [1.165, 1.54) is 12.1 Å². The molecule has 3 rings (SSSR count). The summed E-state index contributed by atoms with van der Waals surface area (Å²) in [6.45, 7) is 1.79. The highest BCUT2D eigenvalue weighted by Crippen LogP contribution is 2.28. The molecule has 6 heteroatoms. The fraction of sp³-hybridized carbons (Fsp3) is 0.261. The van der Waals surface area contributed by atoms with E-state index in [1.807, 2.05) is 30.3 Å². The third-order valence-corrected chi connectivity index (χ3v) is 4.65. The lowest BCUT2D eigenvalue weighted by Crippen LogP contribution is -2.25. The van der Waals surface area contributed by atoms with Gasteiger partial charge in [-0.3, -0.25) is 9.88 Å². The number of hydrogen-bond acceptors (Lipinski definition) is 4. The Kier molecular flexibility index (Phi) is 7.14. The maximum atomic E-state index is 13.6. The maximum Gasteiger partial charge on any atom is 0.160 e. The second-order valence-electron chi connectivity index (χ2n) is 6.78. The summed E-state index contributed by atoms with van der Waals surface area (Å²) in [6.07, 6.45) is 4.23. The molecule has 0 fully saturated rings. The monoisotopic (exact) mass is 398 g/mol. The molecule has 152 valence electrons. The SMILES string of the molecule is COc1ccc(CCN(Cc2ccncc2)Cc2cc(F)cc(F)c2)cc1OC. The Morgan fingerprint density at radius 1 is 0.759 bits per heavy atom. The number of nitrogens with zero attached hydrogens (tertiary/aromatic N) is 2. The van der Waals surface area contributed by atoms with Crippen LogP contribution in [0.15, 0.2) is 60.9 Å². The number of hydrogen-bond donors (Lipinski definition) is 0. The number of pyridine rings is 1. The van der Waals surface area contributed by atoms with Gasteiger partial charge in [0.2, 0.25) is 0 Å². The predicted molar refractivity (Wildman–Crippen MR) is 108 cm³/mol. The summed E-state index contributed by atoms with van der Waals surface area (Å²) in [7, 11) is 3.21. The Balaban J connectivity index is 1.75. The van der Waals surface area contributed by atoms with Gasteiger partial charge in [-0.15, -0.1) is 0 Å². The van der Waals surface area contributed by atoms with Gasteiger partial charge < -0.3 is 9.47 Å². The first-order valence-electron chi connectivity index (χ1n) is 9.34. The summed E-state index contributed by atoms with van der Waals surface area (Å²) >= 11 is 0. The summed E-state index contributed by atoms with van der Waals surface area (Å²) in [4.78, 5) is 6.20. The minimum atomic E-state index is -0.566. The van der Waals surface area contributed by atoms with Crippen molar-refractivity contribution in [3.05, 3.63) is 89.2 Å². The highest BCUT2D eigenvalue weighted by Gasteiger charge is 2.11. The van der Waals surface area contributed by atoms with Crippen LogP contribution in [0, 0.1) is 11.6 Å². The van der Waals surface area contributed by atoms with Gasteiger partial charge in [-0.05, 0) is 59.5 Å². The molecule has 0 bridgehead atoms. The van der Waals surface area contributed by atoms with Gasteiger partial charge in [0, 0.05) is 38.1 Å².